The standard InChI is InChI=1S/C26H28N6O3S/c1-4-14-35-21-12-10-19(11-13-21)28-24(33)15-23-25(34)29-26(36-23)30-27-16-22-17(2)31-32(18(22)3)20-8-6-5-7-9-20/h5-13,16,23H,4,14-15H2,1-3H3,(H,28,33)(H,29,30,34)/b27-16+. The number of rotatable bonds is 9. The van der Waals surface area contributed by atoms with E-state index in [4.69, 9.17) is 4.74 Å². The molecule has 1 aliphatic heterocycles. The monoisotopic (exact) mass is 504 g/mol. The molecule has 10 heteroatoms. The first-order chi connectivity index (χ1) is 17.4. The van der Waals surface area contributed by atoms with Crippen molar-refractivity contribution in [1.29, 1.82) is 0 Å². The number of aromatic nitrogens is 2. The number of carbonyl (C=O) groups excluding carboxylic acids is 2. The molecule has 4 rings (SSSR count). The summed E-state index contributed by atoms with van der Waals surface area (Å²) in [5, 5.41) is 18.2. The fraction of sp³-hybridized carbons (Fsp3) is 0.269. The van der Waals surface area contributed by atoms with Crippen LogP contribution in [0.25, 0.3) is 5.69 Å². The molecule has 1 fully saturated rings. The number of ether oxygens (including phenoxy) is 1. The van der Waals surface area contributed by atoms with Gasteiger partial charge in [-0.15, -0.1) is 5.10 Å². The lowest BCUT2D eigenvalue weighted by Crippen LogP contribution is -2.28. The van der Waals surface area contributed by atoms with Gasteiger partial charge < -0.3 is 15.4 Å². The number of amides is 2. The Labute approximate surface area is 214 Å². The number of amidine groups is 1. The minimum Gasteiger partial charge on any atom is -0.494 e. The fourth-order valence-corrected chi connectivity index (χ4v) is 4.55. The average Bonchev–Trinajstić information content (AvgIpc) is 3.37. The molecule has 186 valence electrons. The highest BCUT2D eigenvalue weighted by Gasteiger charge is 2.32. The van der Waals surface area contributed by atoms with E-state index in [9.17, 15) is 9.59 Å². The lowest BCUT2D eigenvalue weighted by molar-refractivity contribution is -0.122. The lowest BCUT2D eigenvalue weighted by Gasteiger charge is -2.09. The zero-order valence-corrected chi connectivity index (χ0v) is 21.2. The SMILES string of the molecule is CCCOc1ccc(NC(=O)CC2S/C(=N\N=C\c3c(C)nn(-c4ccccc4)c3C)NC2=O)cc1. The molecule has 1 saturated heterocycles. The number of nitrogens with zero attached hydrogens (tertiary/aromatic N) is 4. The van der Waals surface area contributed by atoms with Crippen molar-refractivity contribution in [1.82, 2.24) is 15.1 Å². The number of hydrogen-bond donors (Lipinski definition) is 2. The van der Waals surface area contributed by atoms with Crippen LogP contribution in [0.1, 0.15) is 36.7 Å². The maximum absolute atomic E-state index is 12.5. The van der Waals surface area contributed by atoms with Gasteiger partial charge in [0.1, 0.15) is 11.0 Å². The highest BCUT2D eigenvalue weighted by Crippen LogP contribution is 2.24. The predicted octanol–water partition coefficient (Wildman–Crippen LogP) is 4.23. The van der Waals surface area contributed by atoms with E-state index >= 15 is 0 Å². The Balaban J connectivity index is 1.34. The first-order valence-corrected chi connectivity index (χ1v) is 12.6. The number of carbonyl (C=O) groups is 2. The molecule has 0 spiro atoms. The molecule has 3 aromatic rings. The highest BCUT2D eigenvalue weighted by atomic mass is 32.2. The maximum Gasteiger partial charge on any atom is 0.240 e. The zero-order valence-electron chi connectivity index (χ0n) is 20.4. The molecule has 0 aliphatic carbocycles. The van der Waals surface area contributed by atoms with E-state index in [-0.39, 0.29) is 18.2 Å². The van der Waals surface area contributed by atoms with Crippen LogP contribution in [0.5, 0.6) is 5.75 Å². The zero-order chi connectivity index (χ0) is 25.5. The van der Waals surface area contributed by atoms with Gasteiger partial charge in [0.05, 0.1) is 29.9 Å². The van der Waals surface area contributed by atoms with Crippen LogP contribution in [0, 0.1) is 13.8 Å². The van der Waals surface area contributed by atoms with E-state index in [1.165, 1.54) is 11.8 Å². The molecule has 1 aliphatic rings. The molecule has 0 bridgehead atoms. The normalized spacial score (nSPS) is 16.5. The molecule has 36 heavy (non-hydrogen) atoms. The second kappa shape index (κ2) is 11.7. The van der Waals surface area contributed by atoms with Crippen molar-refractivity contribution in [3.05, 3.63) is 71.5 Å². The molecule has 2 aromatic carbocycles. The third-order valence-electron chi connectivity index (χ3n) is 5.44. The van der Waals surface area contributed by atoms with Crippen molar-refractivity contribution >= 4 is 40.6 Å². The summed E-state index contributed by atoms with van der Waals surface area (Å²) in [4.78, 5) is 24.8. The number of para-hydroxylation sites is 1. The van der Waals surface area contributed by atoms with Crippen LogP contribution >= 0.6 is 11.8 Å². The average molecular weight is 505 g/mol. The molecular weight excluding hydrogens is 476 g/mol. The summed E-state index contributed by atoms with van der Waals surface area (Å²) in [6.07, 6.45) is 2.58. The number of benzene rings is 2. The van der Waals surface area contributed by atoms with E-state index in [2.05, 4.69) is 25.9 Å². The molecule has 1 atom stereocenters. The minimum absolute atomic E-state index is 0.0232. The number of aryl methyl sites for hydroxylation is 1. The van der Waals surface area contributed by atoms with Crippen LogP contribution < -0.4 is 15.4 Å². The van der Waals surface area contributed by atoms with Gasteiger partial charge in [0.25, 0.3) is 0 Å². The summed E-state index contributed by atoms with van der Waals surface area (Å²) in [6.45, 7) is 6.56. The van der Waals surface area contributed by atoms with E-state index in [1.54, 1.807) is 30.5 Å². The van der Waals surface area contributed by atoms with E-state index < -0.39 is 5.25 Å². The smallest absolute Gasteiger partial charge is 0.240 e. The van der Waals surface area contributed by atoms with Gasteiger partial charge in [-0.2, -0.15) is 10.2 Å². The number of thioether (sulfide) groups is 1. The van der Waals surface area contributed by atoms with Crippen molar-refractivity contribution in [2.45, 2.75) is 38.9 Å². The summed E-state index contributed by atoms with van der Waals surface area (Å²) in [5.41, 5.74) is 4.23. The number of anilines is 1. The van der Waals surface area contributed by atoms with Gasteiger partial charge in [0, 0.05) is 17.7 Å². The number of nitrogens with one attached hydrogen (secondary N) is 2. The van der Waals surface area contributed by atoms with Gasteiger partial charge in [0.2, 0.25) is 11.8 Å². The van der Waals surface area contributed by atoms with E-state index in [0.29, 0.717) is 17.5 Å². The van der Waals surface area contributed by atoms with Crippen LogP contribution in [0.4, 0.5) is 5.69 Å². The Morgan fingerprint density at radius 2 is 1.94 bits per heavy atom. The lowest BCUT2D eigenvalue weighted by atomic mass is 10.2. The second-order valence-electron chi connectivity index (χ2n) is 8.20. The molecule has 2 amide bonds. The molecule has 1 unspecified atom stereocenters. The van der Waals surface area contributed by atoms with Crippen molar-refractivity contribution in [3.63, 3.8) is 0 Å². The van der Waals surface area contributed by atoms with Crippen LogP contribution in [0.2, 0.25) is 0 Å². The fourth-order valence-electron chi connectivity index (χ4n) is 3.62. The second-order valence-corrected chi connectivity index (χ2v) is 9.39. The molecule has 2 heterocycles. The molecule has 0 saturated carbocycles. The first-order valence-electron chi connectivity index (χ1n) is 11.7. The molecule has 9 nitrogen and oxygen atoms in total. The third-order valence-corrected chi connectivity index (χ3v) is 6.51. The molecule has 0 radical (unpaired) electrons. The highest BCUT2D eigenvalue weighted by molar-refractivity contribution is 8.15. The summed E-state index contributed by atoms with van der Waals surface area (Å²) in [7, 11) is 0. The van der Waals surface area contributed by atoms with Crippen LogP contribution in [0.3, 0.4) is 0 Å². The van der Waals surface area contributed by atoms with Crippen LogP contribution in [-0.2, 0) is 9.59 Å². The van der Waals surface area contributed by atoms with Crippen LogP contribution in [-0.4, -0.2) is 44.8 Å². The van der Waals surface area contributed by atoms with Crippen molar-refractivity contribution < 1.29 is 14.3 Å². The Morgan fingerprint density at radius 3 is 2.67 bits per heavy atom. The largest absolute Gasteiger partial charge is 0.494 e. The Morgan fingerprint density at radius 1 is 1.19 bits per heavy atom. The first kappa shape index (κ1) is 25.2. The quantitative estimate of drug-likeness (QED) is 0.335. The molecule has 1 aromatic heterocycles. The Bertz CT molecular complexity index is 1290. The maximum atomic E-state index is 12.5. The van der Waals surface area contributed by atoms with Crippen LogP contribution in [0.15, 0.2) is 64.8 Å². The van der Waals surface area contributed by atoms with Crippen molar-refractivity contribution in [2.24, 2.45) is 10.2 Å². The summed E-state index contributed by atoms with van der Waals surface area (Å²) in [6, 6.07) is 17.0. The van der Waals surface area contributed by atoms with Gasteiger partial charge in [-0.05, 0) is 56.7 Å². The van der Waals surface area contributed by atoms with E-state index in [0.717, 1.165) is 34.8 Å². The third kappa shape index (κ3) is 6.19. The summed E-state index contributed by atoms with van der Waals surface area (Å²) >= 11 is 1.19. The topological polar surface area (TPSA) is 110 Å². The van der Waals surface area contributed by atoms with Gasteiger partial charge in [-0.25, -0.2) is 4.68 Å². The number of hydrogen-bond acceptors (Lipinski definition) is 7. The minimum atomic E-state index is -0.574. The van der Waals surface area contributed by atoms with Gasteiger partial charge in [0.15, 0.2) is 5.17 Å². The van der Waals surface area contributed by atoms with Gasteiger partial charge >= 0.3 is 0 Å². The Kier molecular flexibility index (Phi) is 8.17. The van der Waals surface area contributed by atoms with Gasteiger partial charge in [-0.1, -0.05) is 36.9 Å². The van der Waals surface area contributed by atoms with Gasteiger partial charge in [-0.3, -0.25) is 9.59 Å². The molecule has 2 N–H and O–H groups in total. The van der Waals surface area contributed by atoms with Crippen molar-refractivity contribution in [3.8, 4) is 11.4 Å². The molecular formula is C26H28N6O3S. The van der Waals surface area contributed by atoms with Crippen molar-refractivity contribution in [2.75, 3.05) is 11.9 Å². The predicted molar refractivity (Wildman–Crippen MR) is 143 cm³/mol. The summed E-state index contributed by atoms with van der Waals surface area (Å²) < 4.78 is 7.40. The Hall–Kier alpha value is -3.92. The summed E-state index contributed by atoms with van der Waals surface area (Å²) in [5.74, 6) is 0.227. The van der Waals surface area contributed by atoms with E-state index in [1.807, 2.05) is 55.8 Å².